The van der Waals surface area contributed by atoms with Crippen LogP contribution in [0.15, 0.2) is 18.2 Å². The van der Waals surface area contributed by atoms with Crippen LogP contribution >= 0.6 is 0 Å². The Labute approximate surface area is 116 Å². The monoisotopic (exact) mass is 263 g/mol. The molecule has 0 bridgehead atoms. The number of rotatable bonds is 3. The van der Waals surface area contributed by atoms with Crippen molar-refractivity contribution in [1.29, 1.82) is 0 Å². The summed E-state index contributed by atoms with van der Waals surface area (Å²) in [6.07, 6.45) is 5.88. The summed E-state index contributed by atoms with van der Waals surface area (Å²) >= 11 is 0. The van der Waals surface area contributed by atoms with Crippen molar-refractivity contribution in [3.8, 4) is 0 Å². The van der Waals surface area contributed by atoms with Crippen LogP contribution in [0.2, 0.25) is 0 Å². The number of benzene rings is 1. The zero-order chi connectivity index (χ0) is 14.0. The molecule has 19 heavy (non-hydrogen) atoms. The lowest BCUT2D eigenvalue weighted by atomic mass is 9.70. The largest absolute Gasteiger partial charge is 0.327 e. The molecule has 1 aliphatic carbocycles. The maximum absolute atomic E-state index is 13.1. The Morgan fingerprint density at radius 3 is 2.53 bits per heavy atom. The molecule has 1 aromatic carbocycles. The molecule has 0 spiro atoms. The lowest BCUT2D eigenvalue weighted by Crippen LogP contribution is -2.36. The van der Waals surface area contributed by atoms with Crippen molar-refractivity contribution in [2.75, 3.05) is 0 Å². The van der Waals surface area contributed by atoms with Crippen LogP contribution in [0.25, 0.3) is 0 Å². The van der Waals surface area contributed by atoms with Crippen molar-refractivity contribution in [2.45, 2.75) is 58.9 Å². The third-order valence-electron chi connectivity index (χ3n) is 4.75. The molecule has 0 amide bonds. The summed E-state index contributed by atoms with van der Waals surface area (Å²) in [5.41, 5.74) is 9.08. The predicted octanol–water partition coefficient (Wildman–Crippen LogP) is 4.22. The van der Waals surface area contributed by atoms with E-state index < -0.39 is 0 Å². The summed E-state index contributed by atoms with van der Waals surface area (Å²) in [5.74, 6) is 0.465. The Hall–Kier alpha value is -0.890. The van der Waals surface area contributed by atoms with E-state index in [9.17, 15) is 4.39 Å². The van der Waals surface area contributed by atoms with Gasteiger partial charge in [0.05, 0.1) is 0 Å². The smallest absolute Gasteiger partial charge is 0.123 e. The number of hydrogen-bond acceptors (Lipinski definition) is 1. The molecule has 1 aliphatic rings. The average molecular weight is 263 g/mol. The molecule has 0 heterocycles. The van der Waals surface area contributed by atoms with Gasteiger partial charge in [-0.3, -0.25) is 0 Å². The SMILES string of the molecule is Cc1cc(F)ccc1CC(N)C1CCC(C)(C)CC1. The first-order valence-corrected chi connectivity index (χ1v) is 7.38. The fourth-order valence-corrected chi connectivity index (χ4v) is 3.16. The van der Waals surface area contributed by atoms with Crippen molar-refractivity contribution in [2.24, 2.45) is 17.1 Å². The highest BCUT2D eigenvalue weighted by Gasteiger charge is 2.29. The van der Waals surface area contributed by atoms with Crippen LogP contribution in [0.5, 0.6) is 0 Å². The summed E-state index contributed by atoms with van der Waals surface area (Å²) in [6.45, 7) is 6.66. The van der Waals surface area contributed by atoms with E-state index >= 15 is 0 Å². The van der Waals surface area contributed by atoms with Crippen LogP contribution in [0, 0.1) is 24.1 Å². The first-order valence-electron chi connectivity index (χ1n) is 7.38. The number of halogens is 1. The Kier molecular flexibility index (Phi) is 4.29. The third-order valence-corrected chi connectivity index (χ3v) is 4.75. The molecule has 2 rings (SSSR count). The number of hydrogen-bond donors (Lipinski definition) is 1. The molecule has 2 heteroatoms. The van der Waals surface area contributed by atoms with Gasteiger partial charge in [0.25, 0.3) is 0 Å². The van der Waals surface area contributed by atoms with Crippen LogP contribution in [-0.4, -0.2) is 6.04 Å². The third kappa shape index (κ3) is 3.79. The first kappa shape index (κ1) is 14.5. The fraction of sp³-hybridized carbons (Fsp3) is 0.647. The lowest BCUT2D eigenvalue weighted by Gasteiger charge is -2.37. The lowest BCUT2D eigenvalue weighted by molar-refractivity contribution is 0.173. The maximum atomic E-state index is 13.1. The molecular formula is C17H26FN. The molecule has 106 valence electrons. The zero-order valence-electron chi connectivity index (χ0n) is 12.4. The van der Waals surface area contributed by atoms with Gasteiger partial charge in [0, 0.05) is 6.04 Å². The summed E-state index contributed by atoms with van der Waals surface area (Å²) in [7, 11) is 0. The van der Waals surface area contributed by atoms with Crippen molar-refractivity contribution in [3.63, 3.8) is 0 Å². The second-order valence-corrected chi connectivity index (χ2v) is 6.94. The van der Waals surface area contributed by atoms with Gasteiger partial charge in [-0.1, -0.05) is 19.9 Å². The van der Waals surface area contributed by atoms with E-state index in [0.717, 1.165) is 12.0 Å². The number of aryl methyl sites for hydroxylation is 1. The number of nitrogens with two attached hydrogens (primary N) is 1. The van der Waals surface area contributed by atoms with Crippen molar-refractivity contribution in [3.05, 3.63) is 35.1 Å². The predicted molar refractivity (Wildman–Crippen MR) is 78.6 cm³/mol. The highest BCUT2D eigenvalue weighted by atomic mass is 19.1. The van der Waals surface area contributed by atoms with Gasteiger partial charge in [-0.05, 0) is 73.6 Å². The van der Waals surface area contributed by atoms with Crippen molar-refractivity contribution in [1.82, 2.24) is 0 Å². The Morgan fingerprint density at radius 1 is 1.32 bits per heavy atom. The molecule has 1 atom stereocenters. The molecule has 1 saturated carbocycles. The molecule has 0 radical (unpaired) electrons. The van der Waals surface area contributed by atoms with E-state index in [2.05, 4.69) is 13.8 Å². The molecule has 2 N–H and O–H groups in total. The highest BCUT2D eigenvalue weighted by molar-refractivity contribution is 5.27. The Morgan fingerprint density at radius 2 is 1.95 bits per heavy atom. The molecule has 0 aromatic heterocycles. The van der Waals surface area contributed by atoms with Crippen molar-refractivity contribution < 1.29 is 4.39 Å². The van der Waals surface area contributed by atoms with Gasteiger partial charge < -0.3 is 5.73 Å². The van der Waals surface area contributed by atoms with Gasteiger partial charge in [-0.25, -0.2) is 4.39 Å². The quantitative estimate of drug-likeness (QED) is 0.868. The summed E-state index contributed by atoms with van der Waals surface area (Å²) in [5, 5.41) is 0. The second kappa shape index (κ2) is 5.62. The molecule has 1 aromatic rings. The minimum absolute atomic E-state index is 0.158. The van der Waals surface area contributed by atoms with Crippen LogP contribution < -0.4 is 5.73 Å². The standard InChI is InChI=1S/C17H26FN/c1-12-10-15(18)5-4-14(12)11-16(19)13-6-8-17(2,3)9-7-13/h4-5,10,13,16H,6-9,11,19H2,1-3H3. The second-order valence-electron chi connectivity index (χ2n) is 6.94. The summed E-state index contributed by atoms with van der Waals surface area (Å²) in [6, 6.07) is 5.24. The summed E-state index contributed by atoms with van der Waals surface area (Å²) in [4.78, 5) is 0. The van der Waals surface area contributed by atoms with Gasteiger partial charge in [0.2, 0.25) is 0 Å². The van der Waals surface area contributed by atoms with Gasteiger partial charge >= 0.3 is 0 Å². The van der Waals surface area contributed by atoms with E-state index in [1.165, 1.54) is 31.2 Å². The Balaban J connectivity index is 1.96. The summed E-state index contributed by atoms with van der Waals surface area (Å²) < 4.78 is 13.1. The van der Waals surface area contributed by atoms with Gasteiger partial charge in [0.1, 0.15) is 5.82 Å². The average Bonchev–Trinajstić information content (AvgIpc) is 2.32. The minimum atomic E-state index is -0.158. The Bertz CT molecular complexity index is 429. The van der Waals surface area contributed by atoms with E-state index in [-0.39, 0.29) is 11.9 Å². The van der Waals surface area contributed by atoms with E-state index in [0.29, 0.717) is 11.3 Å². The topological polar surface area (TPSA) is 26.0 Å². The normalized spacial score (nSPS) is 21.3. The maximum Gasteiger partial charge on any atom is 0.123 e. The van der Waals surface area contributed by atoms with Gasteiger partial charge in [-0.2, -0.15) is 0 Å². The zero-order valence-corrected chi connectivity index (χ0v) is 12.4. The first-order chi connectivity index (χ1) is 8.87. The van der Waals surface area contributed by atoms with E-state index in [1.807, 2.05) is 13.0 Å². The molecule has 1 fully saturated rings. The molecule has 1 unspecified atom stereocenters. The molecule has 0 saturated heterocycles. The minimum Gasteiger partial charge on any atom is -0.327 e. The van der Waals surface area contributed by atoms with Gasteiger partial charge in [0.15, 0.2) is 0 Å². The molecular weight excluding hydrogens is 237 g/mol. The molecule has 0 aliphatic heterocycles. The van der Waals surface area contributed by atoms with E-state index in [4.69, 9.17) is 5.73 Å². The van der Waals surface area contributed by atoms with E-state index in [1.54, 1.807) is 12.1 Å². The van der Waals surface area contributed by atoms with Gasteiger partial charge in [-0.15, -0.1) is 0 Å². The van der Waals surface area contributed by atoms with Crippen LogP contribution in [0.1, 0.15) is 50.7 Å². The molecule has 1 nitrogen and oxygen atoms in total. The van der Waals surface area contributed by atoms with Crippen LogP contribution in [0.3, 0.4) is 0 Å². The fourth-order valence-electron chi connectivity index (χ4n) is 3.16. The highest BCUT2D eigenvalue weighted by Crippen LogP contribution is 2.39. The van der Waals surface area contributed by atoms with Crippen LogP contribution in [0.4, 0.5) is 4.39 Å². The van der Waals surface area contributed by atoms with Crippen molar-refractivity contribution >= 4 is 0 Å². The van der Waals surface area contributed by atoms with Crippen LogP contribution in [-0.2, 0) is 6.42 Å².